The maximum absolute atomic E-state index is 12.4. The molecule has 87 heavy (non-hydrogen) atoms. The maximum Gasteiger partial charge on any atom is 0.164 e. The first-order valence-electron chi connectivity index (χ1n) is 34.5. The summed E-state index contributed by atoms with van der Waals surface area (Å²) in [5.74, 6) is 3.94. The molecule has 15 rings (SSSR count). The second kappa shape index (κ2) is 27.5. The van der Waals surface area contributed by atoms with Crippen LogP contribution in [0.1, 0.15) is 193 Å². The summed E-state index contributed by atoms with van der Waals surface area (Å²) in [7, 11) is 1.70. The number of hydrogen-bond donors (Lipinski definition) is 0. The monoisotopic (exact) mass is 1180 g/mol. The van der Waals surface area contributed by atoms with E-state index >= 15 is 0 Å². The molecule has 0 amide bonds. The van der Waals surface area contributed by atoms with Crippen LogP contribution in [0.3, 0.4) is 0 Å². The van der Waals surface area contributed by atoms with E-state index < -0.39 is 0 Å². The van der Waals surface area contributed by atoms with Crippen molar-refractivity contribution in [2.75, 3.05) is 46.6 Å². The third kappa shape index (κ3) is 14.2. The third-order valence-electron chi connectivity index (χ3n) is 21.8. The number of ether oxygens (including phenoxy) is 4. The van der Waals surface area contributed by atoms with Crippen LogP contribution in [0.4, 0.5) is 0 Å². The molecular formula is C74H100N6O7. The summed E-state index contributed by atoms with van der Waals surface area (Å²) in [6.45, 7) is 14.6. The highest BCUT2D eigenvalue weighted by molar-refractivity contribution is 6.09. The molecule has 3 aromatic carbocycles. The quantitative estimate of drug-likeness (QED) is 0.0487. The Hall–Kier alpha value is -5.15. The smallest absolute Gasteiger partial charge is 0.164 e. The fourth-order valence-corrected chi connectivity index (χ4v) is 16.6. The Morgan fingerprint density at radius 1 is 0.425 bits per heavy atom. The number of carbonyl (C=O) groups excluding carboxylic acids is 3. The molecule has 6 atom stereocenters. The van der Waals surface area contributed by atoms with Crippen molar-refractivity contribution in [1.29, 1.82) is 0 Å². The van der Waals surface area contributed by atoms with Gasteiger partial charge in [0.25, 0.3) is 0 Å². The highest BCUT2D eigenvalue weighted by Crippen LogP contribution is 2.42. The number of rotatable bonds is 26. The Kier molecular flexibility index (Phi) is 19.2. The largest absolute Gasteiger partial charge is 0.495 e. The van der Waals surface area contributed by atoms with Gasteiger partial charge in [-0.15, -0.1) is 0 Å². The number of Topliss-reactive ketones (excluding diaryl/α,β-unsaturated/α-hetero) is 3. The first kappa shape index (κ1) is 60.7. The van der Waals surface area contributed by atoms with Crippen molar-refractivity contribution in [3.63, 3.8) is 0 Å². The average molecular weight is 1190 g/mol. The van der Waals surface area contributed by atoms with Crippen LogP contribution >= 0.6 is 0 Å². The lowest BCUT2D eigenvalue weighted by atomic mass is 9.99. The first-order valence-corrected chi connectivity index (χ1v) is 34.5. The Morgan fingerprint density at radius 2 is 0.782 bits per heavy atom. The van der Waals surface area contributed by atoms with Crippen LogP contribution in [0.5, 0.6) is 5.75 Å². The maximum atomic E-state index is 12.4. The molecule has 9 aliphatic rings. The van der Waals surface area contributed by atoms with E-state index in [0.717, 1.165) is 164 Å². The van der Waals surface area contributed by atoms with Gasteiger partial charge in [0, 0.05) is 164 Å². The normalized spacial score (nSPS) is 27.0. The summed E-state index contributed by atoms with van der Waals surface area (Å²) in [4.78, 5) is 44.7. The predicted octanol–water partition coefficient (Wildman–Crippen LogP) is 14.4. The van der Waals surface area contributed by atoms with Gasteiger partial charge in [0.1, 0.15) is 5.75 Å². The molecule has 13 nitrogen and oxygen atoms in total. The van der Waals surface area contributed by atoms with E-state index in [1.165, 1.54) is 127 Å². The highest BCUT2D eigenvalue weighted by atomic mass is 16.5. The summed E-state index contributed by atoms with van der Waals surface area (Å²) in [6, 6.07) is 26.9. The van der Waals surface area contributed by atoms with Crippen LogP contribution in [0.2, 0.25) is 0 Å². The summed E-state index contributed by atoms with van der Waals surface area (Å²) in [6.07, 6.45) is 35.2. The van der Waals surface area contributed by atoms with E-state index in [1.54, 1.807) is 21.0 Å². The molecule has 3 aliphatic carbocycles. The number of benzene rings is 3. The highest BCUT2D eigenvalue weighted by Gasteiger charge is 2.44. The van der Waals surface area contributed by atoms with Crippen LogP contribution in [-0.4, -0.2) is 147 Å². The van der Waals surface area contributed by atoms with Gasteiger partial charge in [0.2, 0.25) is 0 Å². The van der Waals surface area contributed by atoms with Crippen molar-refractivity contribution < 1.29 is 33.3 Å². The van der Waals surface area contributed by atoms with Crippen molar-refractivity contribution in [2.45, 2.75) is 236 Å². The molecule has 9 fully saturated rings. The fraction of sp³-hybridized carbons (Fsp3) is 0.635. The van der Waals surface area contributed by atoms with Crippen molar-refractivity contribution in [3.8, 4) is 5.75 Å². The predicted molar refractivity (Wildman–Crippen MR) is 346 cm³/mol. The van der Waals surface area contributed by atoms with Crippen molar-refractivity contribution in [3.05, 3.63) is 102 Å². The fourth-order valence-electron chi connectivity index (χ4n) is 16.6. The van der Waals surface area contributed by atoms with E-state index in [-0.39, 0.29) is 17.3 Å². The van der Waals surface area contributed by atoms with Gasteiger partial charge >= 0.3 is 0 Å². The van der Waals surface area contributed by atoms with Gasteiger partial charge in [-0.1, -0.05) is 55.5 Å². The minimum absolute atomic E-state index is 0.110. The lowest BCUT2D eigenvalue weighted by Gasteiger charge is -2.39. The van der Waals surface area contributed by atoms with Crippen LogP contribution in [-0.2, 0) is 33.8 Å². The van der Waals surface area contributed by atoms with Crippen LogP contribution in [0.15, 0.2) is 85.3 Å². The van der Waals surface area contributed by atoms with E-state index in [1.807, 2.05) is 43.5 Å². The minimum Gasteiger partial charge on any atom is -0.495 e. The second-order valence-corrected chi connectivity index (χ2v) is 28.0. The summed E-state index contributed by atoms with van der Waals surface area (Å²) < 4.78 is 31.1. The van der Waals surface area contributed by atoms with Crippen LogP contribution in [0, 0.1) is 17.8 Å². The number of ketones is 3. The Labute approximate surface area is 517 Å². The number of fused-ring (bicyclic) bond motifs is 9. The zero-order chi connectivity index (χ0) is 59.5. The molecule has 468 valence electrons. The molecule has 6 aliphatic heterocycles. The molecular weight excluding hydrogens is 1080 g/mol. The first-order chi connectivity index (χ1) is 42.5. The van der Waals surface area contributed by atoms with E-state index in [0.29, 0.717) is 36.8 Å². The topological polar surface area (TPSA) is 113 Å². The van der Waals surface area contributed by atoms with E-state index in [2.05, 4.69) is 77.2 Å². The molecule has 0 spiro atoms. The number of para-hydroxylation sites is 3. The molecule has 3 aromatic heterocycles. The van der Waals surface area contributed by atoms with Crippen LogP contribution in [0.25, 0.3) is 32.7 Å². The molecule has 9 heterocycles. The van der Waals surface area contributed by atoms with Gasteiger partial charge in [0.05, 0.1) is 30.9 Å². The van der Waals surface area contributed by atoms with Crippen molar-refractivity contribution in [1.82, 2.24) is 28.4 Å². The van der Waals surface area contributed by atoms with Gasteiger partial charge in [0.15, 0.2) is 17.3 Å². The molecule has 6 saturated heterocycles. The Morgan fingerprint density at radius 3 is 1.17 bits per heavy atom. The lowest BCUT2D eigenvalue weighted by Crippen LogP contribution is -2.46. The van der Waals surface area contributed by atoms with Crippen molar-refractivity contribution >= 4 is 50.1 Å². The van der Waals surface area contributed by atoms with Crippen molar-refractivity contribution in [2.24, 2.45) is 17.8 Å². The summed E-state index contributed by atoms with van der Waals surface area (Å²) in [5.41, 5.74) is 5.95. The molecule has 6 unspecified atom stereocenters. The summed E-state index contributed by atoms with van der Waals surface area (Å²) in [5, 5.41) is 3.19. The van der Waals surface area contributed by atoms with Crippen LogP contribution < -0.4 is 4.74 Å². The van der Waals surface area contributed by atoms with Gasteiger partial charge in [-0.05, 0) is 185 Å². The van der Waals surface area contributed by atoms with E-state index in [9.17, 15) is 14.4 Å². The molecule has 6 aromatic rings. The standard InChI is InChI=1S/C25H34N2O3.C25H34N2O2.C24H32N2O2/c1-17(28)23-15-26(25-22(23)5-3-6-24(25)29-2)11-4-12-27-19-9-10-20(27)14-21(13-19)30-16-18-7-8-18;1-2-25(28)23-16-26(24-7-4-3-6-22(23)24)12-5-13-27-19-10-11-20(27)15-21(14-19)29-17-18-8-9-18;1-17(27)23-15-25(24-6-3-2-5-22(23)24)11-4-12-26-19-9-10-20(26)14-21(13-19)28-16-18-7-8-18/h3,5-6,15,18-21H,4,7-14,16H2,1-2H3;3-4,6-7,16,18-21H,2,5,8-15,17H2,1H3;2-3,5-6,15,18-21H,4,7-14,16H2,1H3. The molecule has 3 saturated carbocycles. The average Bonchev–Trinajstić information content (AvgIpc) is 2.14. The minimum atomic E-state index is 0.110. The zero-order valence-corrected chi connectivity index (χ0v) is 53.0. The molecule has 6 bridgehead atoms. The number of aryl methyl sites for hydroxylation is 3. The number of carbonyl (C=O) groups is 3. The Bertz CT molecular complexity index is 3290. The van der Waals surface area contributed by atoms with E-state index in [4.69, 9.17) is 18.9 Å². The third-order valence-corrected chi connectivity index (χ3v) is 21.8. The molecule has 0 N–H and O–H groups in total. The number of hydrogen-bond acceptors (Lipinski definition) is 10. The SMILES string of the molecule is CC(=O)c1cn(CCCN2C3CCC2CC(OCC2CC2)C3)c2ccccc12.CCC(=O)c1cn(CCCN2C3CCC2CC(OCC2CC2)C3)c2ccccc12.COc1cccc2c(C(C)=O)cn(CCCN3C4CCC3CC(OCC3CC3)C4)c12. The lowest BCUT2D eigenvalue weighted by molar-refractivity contribution is -0.0243. The second-order valence-electron chi connectivity index (χ2n) is 28.0. The van der Waals surface area contributed by atoms with Gasteiger partial charge in [-0.2, -0.15) is 0 Å². The number of aromatic nitrogens is 3. The molecule has 0 radical (unpaired) electrons. The van der Waals surface area contributed by atoms with Gasteiger partial charge < -0.3 is 32.6 Å². The molecule has 13 heteroatoms. The number of nitrogens with zero attached hydrogens (tertiary/aromatic N) is 6. The van der Waals surface area contributed by atoms with Gasteiger partial charge in [-0.25, -0.2) is 0 Å². The number of piperidine rings is 3. The van der Waals surface area contributed by atoms with Gasteiger partial charge in [-0.3, -0.25) is 29.1 Å². The Balaban J connectivity index is 0.000000121. The number of methoxy groups -OCH3 is 1. The summed E-state index contributed by atoms with van der Waals surface area (Å²) >= 11 is 0. The zero-order valence-electron chi connectivity index (χ0n) is 53.0.